The second-order valence-corrected chi connectivity index (χ2v) is 3.47. The van der Waals surface area contributed by atoms with Gasteiger partial charge in [0.15, 0.2) is 0 Å². The van der Waals surface area contributed by atoms with Crippen LogP contribution in [-0.4, -0.2) is 40.8 Å². The summed E-state index contributed by atoms with van der Waals surface area (Å²) in [6.07, 6.45) is -1.16. The predicted molar refractivity (Wildman–Crippen MR) is 46.2 cm³/mol. The van der Waals surface area contributed by atoms with Gasteiger partial charge in [-0.2, -0.15) is 9.59 Å². The molecule has 0 radical (unpaired) electrons. The van der Waals surface area contributed by atoms with E-state index in [1.54, 1.807) is 0 Å². The quantitative estimate of drug-likeness (QED) is 0.559. The van der Waals surface area contributed by atoms with Crippen LogP contribution in [0.5, 0.6) is 0 Å². The largest absolute Gasteiger partial charge is 0.390 e. The molecule has 1 aliphatic rings. The average Bonchev–Trinajstić information content (AvgIpc) is 2.13. The van der Waals surface area contributed by atoms with Crippen LogP contribution < -0.4 is 0 Å². The van der Waals surface area contributed by atoms with Crippen molar-refractivity contribution in [1.82, 2.24) is 0 Å². The lowest BCUT2D eigenvalue weighted by Crippen LogP contribution is -2.50. The third-order valence-electron chi connectivity index (χ3n) is 2.47. The molecule has 1 rings (SSSR count). The third kappa shape index (κ3) is 3.20. The second kappa shape index (κ2) is 5.88. The number of carbonyl (C=O) groups excluding carboxylic acids is 2. The van der Waals surface area contributed by atoms with E-state index in [2.05, 4.69) is 0 Å². The van der Waals surface area contributed by atoms with Crippen LogP contribution in [0.3, 0.4) is 0 Å². The van der Waals surface area contributed by atoms with E-state index in [1.165, 1.54) is 0 Å². The summed E-state index contributed by atoms with van der Waals surface area (Å²) >= 11 is 0. The highest BCUT2D eigenvalue weighted by Crippen LogP contribution is 2.24. The van der Waals surface area contributed by atoms with Crippen LogP contribution in [0.15, 0.2) is 0 Å². The third-order valence-corrected chi connectivity index (χ3v) is 2.47. The molecule has 0 bridgehead atoms. The number of rotatable bonds is 0. The van der Waals surface area contributed by atoms with Gasteiger partial charge in [-0.05, 0) is 13.8 Å². The molecule has 2 unspecified atom stereocenters. The van der Waals surface area contributed by atoms with Crippen LogP contribution in [0.25, 0.3) is 0 Å². The Balaban J connectivity index is 0.000000500. The van der Waals surface area contributed by atoms with Crippen molar-refractivity contribution in [2.75, 3.05) is 0 Å². The van der Waals surface area contributed by atoms with Crippen molar-refractivity contribution in [3.8, 4) is 0 Å². The molecule has 0 aromatic rings. The van der Waals surface area contributed by atoms with Gasteiger partial charge in [-0.25, -0.2) is 0 Å². The van der Waals surface area contributed by atoms with Gasteiger partial charge >= 0.3 is 6.15 Å². The van der Waals surface area contributed by atoms with Crippen LogP contribution in [0.4, 0.5) is 0 Å². The highest BCUT2D eigenvalue weighted by atomic mass is 16.5. The van der Waals surface area contributed by atoms with Crippen molar-refractivity contribution in [2.45, 2.75) is 45.2 Å². The van der Waals surface area contributed by atoms with E-state index >= 15 is 0 Å². The van der Waals surface area contributed by atoms with Gasteiger partial charge in [-0.15, -0.1) is 0 Å². The molecule has 5 atom stereocenters. The minimum Gasteiger partial charge on any atom is -0.390 e. The Kier molecular flexibility index (Phi) is 5.57. The Morgan fingerprint density at radius 1 is 1.00 bits per heavy atom. The minimum atomic E-state index is -0.541. The smallest absolute Gasteiger partial charge is 0.373 e. The summed E-state index contributed by atoms with van der Waals surface area (Å²) in [6.45, 7) is 5.48. The molecular weight excluding hydrogens is 188 g/mol. The average molecular weight is 204 g/mol. The molecule has 1 fully saturated rings. The minimum absolute atomic E-state index is 0.0891. The molecule has 1 heterocycles. The van der Waals surface area contributed by atoms with E-state index in [-0.39, 0.29) is 24.3 Å². The standard InChI is InChI=1S/C8H16O3.CO2/c1-4-7(9)5(2)11-6(3)8(4)10;2-1-3/h4-10H,1-3H3;/t4?,5-,6?,7-,8-;/m0./s1. The van der Waals surface area contributed by atoms with Crippen molar-refractivity contribution >= 4 is 6.15 Å². The Morgan fingerprint density at radius 2 is 1.29 bits per heavy atom. The molecule has 82 valence electrons. The molecule has 14 heavy (non-hydrogen) atoms. The van der Waals surface area contributed by atoms with Crippen LogP contribution in [0, 0.1) is 5.92 Å². The molecule has 5 nitrogen and oxygen atoms in total. The zero-order valence-electron chi connectivity index (χ0n) is 8.51. The Labute approximate surface area is 82.7 Å². The van der Waals surface area contributed by atoms with Gasteiger partial charge in [-0.1, -0.05) is 6.92 Å². The van der Waals surface area contributed by atoms with Crippen molar-refractivity contribution in [3.63, 3.8) is 0 Å². The number of hydrogen-bond acceptors (Lipinski definition) is 5. The number of hydrogen-bond donors (Lipinski definition) is 2. The normalized spacial score (nSPS) is 41.9. The molecule has 5 heteroatoms. The van der Waals surface area contributed by atoms with E-state index < -0.39 is 12.2 Å². The molecule has 2 N–H and O–H groups in total. The maximum absolute atomic E-state index is 9.45. The first-order valence-corrected chi connectivity index (χ1v) is 4.46. The fourth-order valence-electron chi connectivity index (χ4n) is 1.56. The van der Waals surface area contributed by atoms with E-state index in [0.29, 0.717) is 0 Å². The zero-order valence-corrected chi connectivity index (χ0v) is 8.51. The van der Waals surface area contributed by atoms with E-state index in [4.69, 9.17) is 14.3 Å². The zero-order chi connectivity index (χ0) is 11.3. The summed E-state index contributed by atoms with van der Waals surface area (Å²) < 4.78 is 5.28. The summed E-state index contributed by atoms with van der Waals surface area (Å²) in [5, 5.41) is 18.9. The number of aliphatic hydroxyl groups excluding tert-OH is 2. The summed E-state index contributed by atoms with van der Waals surface area (Å²) in [7, 11) is 0. The Bertz CT molecular complexity index is 185. The summed E-state index contributed by atoms with van der Waals surface area (Å²) in [4.78, 5) is 16.2. The fraction of sp³-hybridized carbons (Fsp3) is 0.889. The van der Waals surface area contributed by atoms with Crippen LogP contribution in [0.2, 0.25) is 0 Å². The van der Waals surface area contributed by atoms with Crippen molar-refractivity contribution in [3.05, 3.63) is 0 Å². The number of aliphatic hydroxyl groups is 2. The highest BCUT2D eigenvalue weighted by Gasteiger charge is 2.37. The lowest BCUT2D eigenvalue weighted by Gasteiger charge is -2.38. The number of ether oxygens (including phenoxy) is 1. The lowest BCUT2D eigenvalue weighted by atomic mass is 9.89. The van der Waals surface area contributed by atoms with Crippen LogP contribution in [0.1, 0.15) is 20.8 Å². The molecule has 1 saturated heterocycles. The van der Waals surface area contributed by atoms with Gasteiger partial charge in [0.05, 0.1) is 24.4 Å². The highest BCUT2D eigenvalue weighted by molar-refractivity contribution is 5.20. The van der Waals surface area contributed by atoms with Gasteiger partial charge < -0.3 is 14.9 Å². The van der Waals surface area contributed by atoms with Gasteiger partial charge in [0.25, 0.3) is 0 Å². The van der Waals surface area contributed by atoms with Crippen LogP contribution >= 0.6 is 0 Å². The Morgan fingerprint density at radius 3 is 1.57 bits per heavy atom. The van der Waals surface area contributed by atoms with Crippen molar-refractivity contribution in [1.29, 1.82) is 0 Å². The van der Waals surface area contributed by atoms with E-state index in [9.17, 15) is 10.2 Å². The van der Waals surface area contributed by atoms with Gasteiger partial charge in [0.1, 0.15) is 0 Å². The maximum atomic E-state index is 9.45. The topological polar surface area (TPSA) is 83.8 Å². The first-order valence-electron chi connectivity index (χ1n) is 4.46. The molecule has 0 spiro atoms. The molecule has 0 saturated carbocycles. The molecule has 1 aliphatic heterocycles. The van der Waals surface area contributed by atoms with E-state index in [1.807, 2.05) is 20.8 Å². The molecular formula is C9H16O5. The molecule has 0 amide bonds. The monoisotopic (exact) mass is 204 g/mol. The predicted octanol–water partition coefficient (Wildman–Crippen LogP) is -0.432. The summed E-state index contributed by atoms with van der Waals surface area (Å²) in [6, 6.07) is 0. The molecule has 0 aromatic carbocycles. The molecule has 0 aliphatic carbocycles. The SMILES string of the molecule is CC1O[C@@H](C)[C@@H](O)C(C)[C@@H]1O.O=C=O. The van der Waals surface area contributed by atoms with Gasteiger partial charge in [0, 0.05) is 5.92 Å². The van der Waals surface area contributed by atoms with E-state index in [0.717, 1.165) is 0 Å². The first kappa shape index (κ1) is 13.3. The first-order chi connectivity index (χ1) is 6.45. The second-order valence-electron chi connectivity index (χ2n) is 3.47. The lowest BCUT2D eigenvalue weighted by molar-refractivity contribution is -0.191. The van der Waals surface area contributed by atoms with Crippen molar-refractivity contribution < 1.29 is 24.5 Å². The Hall–Kier alpha value is -0.740. The van der Waals surface area contributed by atoms with Crippen LogP contribution in [-0.2, 0) is 14.3 Å². The molecule has 0 aromatic heterocycles. The summed E-state index contributed by atoms with van der Waals surface area (Å²) in [5.41, 5.74) is 0. The summed E-state index contributed by atoms with van der Waals surface area (Å²) in [5.74, 6) is -0.0891. The van der Waals surface area contributed by atoms with Gasteiger partial charge in [0.2, 0.25) is 0 Å². The van der Waals surface area contributed by atoms with Gasteiger partial charge in [-0.3, -0.25) is 0 Å². The van der Waals surface area contributed by atoms with Crippen molar-refractivity contribution in [2.24, 2.45) is 5.92 Å². The maximum Gasteiger partial charge on any atom is 0.373 e. The fourth-order valence-corrected chi connectivity index (χ4v) is 1.56.